The summed E-state index contributed by atoms with van der Waals surface area (Å²) in [7, 11) is -6.09. The van der Waals surface area contributed by atoms with E-state index in [0.29, 0.717) is 6.04 Å². The zero-order valence-electron chi connectivity index (χ0n) is 14.3. The van der Waals surface area contributed by atoms with E-state index < -0.39 is 15.6 Å². The van der Waals surface area contributed by atoms with Crippen molar-refractivity contribution in [2.75, 3.05) is 0 Å². The second-order valence-corrected chi connectivity index (χ2v) is 7.95. The monoisotopic (exact) mass is 420 g/mol. The first-order valence-corrected chi connectivity index (χ1v) is 10.1. The van der Waals surface area contributed by atoms with Crippen molar-refractivity contribution >= 4 is 38.2 Å². The molecule has 0 amide bonds. The van der Waals surface area contributed by atoms with Gasteiger partial charge in [0.05, 0.1) is 0 Å². The predicted molar refractivity (Wildman–Crippen MR) is 98.0 cm³/mol. The van der Waals surface area contributed by atoms with Crippen LogP contribution in [0, 0.1) is 0 Å². The fraction of sp³-hybridized carbons (Fsp3) is 0.412. The Hall–Kier alpha value is -1.78. The number of hydrogen-bond acceptors (Lipinski definition) is 4. The number of hydrogen-bond donors (Lipinski definition) is 1. The van der Waals surface area contributed by atoms with Crippen LogP contribution in [0.4, 0.5) is 13.2 Å². The van der Waals surface area contributed by atoms with E-state index in [9.17, 15) is 13.2 Å². The normalized spacial score (nSPS) is 15.7. The number of H-pyrrole nitrogens is 1. The molecule has 10 heteroatoms. The molecule has 0 spiro atoms. The van der Waals surface area contributed by atoms with Crippen LogP contribution in [0.2, 0.25) is 0 Å². The van der Waals surface area contributed by atoms with Crippen molar-refractivity contribution in [1.29, 1.82) is 0 Å². The largest absolute Gasteiger partial charge is 0.741 e. The van der Waals surface area contributed by atoms with E-state index in [-0.39, 0.29) is 0 Å². The molecule has 0 radical (unpaired) electrons. The number of alkyl halides is 3. The molecule has 1 saturated carbocycles. The summed E-state index contributed by atoms with van der Waals surface area (Å²) in [5, 5.41) is 4.71. The number of benzene rings is 1. The van der Waals surface area contributed by atoms with Gasteiger partial charge in [-0.2, -0.15) is 13.2 Å². The molecule has 27 heavy (non-hydrogen) atoms. The maximum absolute atomic E-state index is 10.7. The van der Waals surface area contributed by atoms with Crippen LogP contribution in [-0.4, -0.2) is 29.5 Å². The summed E-state index contributed by atoms with van der Waals surface area (Å²) in [6.45, 7) is 0. The van der Waals surface area contributed by atoms with Crippen molar-refractivity contribution in [2.24, 2.45) is 0 Å². The van der Waals surface area contributed by atoms with E-state index in [1.165, 1.54) is 37.5 Å². The number of para-hydroxylation sites is 1. The van der Waals surface area contributed by atoms with Crippen LogP contribution in [0.3, 0.4) is 0 Å². The third-order valence-electron chi connectivity index (χ3n) is 4.13. The van der Waals surface area contributed by atoms with Crippen LogP contribution in [0.1, 0.15) is 37.8 Å². The third kappa shape index (κ3) is 6.40. The first-order chi connectivity index (χ1) is 12.6. The van der Waals surface area contributed by atoms with Crippen LogP contribution in [0.25, 0.3) is 10.9 Å². The van der Waals surface area contributed by atoms with Crippen molar-refractivity contribution in [3.05, 3.63) is 42.1 Å². The molecule has 2 N–H and O–H groups in total. The summed E-state index contributed by atoms with van der Waals surface area (Å²) in [6, 6.07) is 13.0. The fourth-order valence-electron chi connectivity index (χ4n) is 2.76. The van der Waals surface area contributed by atoms with Crippen LogP contribution < -0.4 is 10.3 Å². The van der Waals surface area contributed by atoms with E-state index in [0.717, 1.165) is 16.2 Å². The summed E-state index contributed by atoms with van der Waals surface area (Å²) >= 11 is 5.52. The standard InChI is InChI=1S/C16H18N2S.CHF3O3S/c19-16(17-13-7-2-1-3-8-13)15-11-10-12-6-4-5-9-14(12)18-15;2-1(3,4)8(5,6)7/h4-6,9-11,13H,1-3,7-8H2,(H,17,19);(H,5,6,7). The Morgan fingerprint density at radius 2 is 1.70 bits per heavy atom. The Kier molecular flexibility index (Phi) is 7.12. The smallest absolute Gasteiger partial charge is 0.485 e. The molecule has 0 unspecified atom stereocenters. The Morgan fingerprint density at radius 1 is 1.11 bits per heavy atom. The molecule has 1 aromatic carbocycles. The van der Waals surface area contributed by atoms with E-state index in [2.05, 4.69) is 40.6 Å². The number of aromatic amines is 1. The molecule has 0 atom stereocenters. The molecule has 148 valence electrons. The van der Waals surface area contributed by atoms with Gasteiger partial charge in [-0.05, 0) is 25.0 Å². The molecule has 1 aliphatic rings. The summed E-state index contributed by atoms with van der Waals surface area (Å²) in [5.74, 6) is 0. The molecule has 1 fully saturated rings. The zero-order chi connectivity index (χ0) is 20.1. The average Bonchev–Trinajstić information content (AvgIpc) is 2.61. The lowest BCUT2D eigenvalue weighted by Gasteiger charge is -2.22. The fourth-order valence-corrected chi connectivity index (χ4v) is 3.04. The van der Waals surface area contributed by atoms with Crippen LogP contribution in [-0.2, 0) is 10.1 Å². The third-order valence-corrected chi connectivity index (χ3v) is 5.03. The molecule has 1 aliphatic carbocycles. The van der Waals surface area contributed by atoms with Gasteiger partial charge in [-0.25, -0.2) is 13.4 Å². The lowest BCUT2D eigenvalue weighted by atomic mass is 9.95. The average molecular weight is 420 g/mol. The Bertz CT molecular complexity index is 896. The minimum Gasteiger partial charge on any atom is -0.741 e. The van der Waals surface area contributed by atoms with Gasteiger partial charge in [0, 0.05) is 23.6 Å². The molecule has 0 aliphatic heterocycles. The number of halogens is 3. The number of thiocarbonyl (C=S) groups is 1. The van der Waals surface area contributed by atoms with Gasteiger partial charge in [0.15, 0.2) is 15.1 Å². The molecule has 3 rings (SSSR count). The van der Waals surface area contributed by atoms with E-state index in [4.69, 9.17) is 25.2 Å². The van der Waals surface area contributed by atoms with Gasteiger partial charge in [-0.3, -0.25) is 0 Å². The molecule has 5 nitrogen and oxygen atoms in total. The maximum atomic E-state index is 10.7. The SMILES string of the molecule is O=S(=O)([O-])C(F)(F)F.S=C(NC1CCCCC1)c1ccc2ccccc2[nH+]1. The van der Waals surface area contributed by atoms with Gasteiger partial charge in [-0.15, -0.1) is 0 Å². The second kappa shape index (κ2) is 8.94. The first kappa shape index (κ1) is 21.5. The maximum Gasteiger partial charge on any atom is 0.485 e. The lowest BCUT2D eigenvalue weighted by Crippen LogP contribution is -2.38. The van der Waals surface area contributed by atoms with E-state index in [1.807, 2.05) is 6.07 Å². The predicted octanol–water partition coefficient (Wildman–Crippen LogP) is 3.30. The van der Waals surface area contributed by atoms with Crippen molar-refractivity contribution in [2.45, 2.75) is 43.7 Å². The second-order valence-electron chi connectivity index (χ2n) is 6.17. The molecular formula is C17H19F3N2O3S2. The topological polar surface area (TPSA) is 83.4 Å². The van der Waals surface area contributed by atoms with Crippen molar-refractivity contribution in [1.82, 2.24) is 5.32 Å². The Balaban J connectivity index is 0.000000279. The van der Waals surface area contributed by atoms with Gasteiger partial charge in [0.2, 0.25) is 11.2 Å². The van der Waals surface area contributed by atoms with E-state index in [1.54, 1.807) is 0 Å². The molecule has 0 bridgehead atoms. The van der Waals surface area contributed by atoms with Gasteiger partial charge in [0.25, 0.3) is 0 Å². The molecule has 1 aromatic heterocycles. The van der Waals surface area contributed by atoms with E-state index >= 15 is 0 Å². The number of fused-ring (bicyclic) bond motifs is 1. The van der Waals surface area contributed by atoms with Crippen LogP contribution in [0.15, 0.2) is 36.4 Å². The van der Waals surface area contributed by atoms with Crippen molar-refractivity contribution in [3.63, 3.8) is 0 Å². The quantitative estimate of drug-likeness (QED) is 0.458. The number of pyridine rings is 1. The summed E-state index contributed by atoms with van der Waals surface area (Å²) in [6.07, 6.45) is 6.50. The lowest BCUT2D eigenvalue weighted by molar-refractivity contribution is -0.347. The highest BCUT2D eigenvalue weighted by Crippen LogP contribution is 2.20. The number of nitrogens with one attached hydrogen (secondary N) is 2. The minimum absolute atomic E-state index is 0.557. The van der Waals surface area contributed by atoms with Crippen molar-refractivity contribution in [3.8, 4) is 0 Å². The van der Waals surface area contributed by atoms with Crippen LogP contribution in [0.5, 0.6) is 0 Å². The van der Waals surface area contributed by atoms with Gasteiger partial charge in [0.1, 0.15) is 0 Å². The summed E-state index contributed by atoms with van der Waals surface area (Å²) in [4.78, 5) is 4.26. The minimum atomic E-state index is -6.09. The highest BCUT2D eigenvalue weighted by molar-refractivity contribution is 7.86. The van der Waals surface area contributed by atoms with Crippen molar-refractivity contribution < 1.29 is 31.1 Å². The Labute approximate surface area is 160 Å². The highest BCUT2D eigenvalue weighted by Gasteiger charge is 2.36. The molecule has 2 aromatic rings. The number of aromatic nitrogens is 1. The first-order valence-electron chi connectivity index (χ1n) is 8.32. The van der Waals surface area contributed by atoms with Crippen LogP contribution >= 0.6 is 12.2 Å². The highest BCUT2D eigenvalue weighted by atomic mass is 32.2. The van der Waals surface area contributed by atoms with Gasteiger partial charge in [-0.1, -0.05) is 43.6 Å². The molecule has 1 heterocycles. The number of rotatable bonds is 2. The molecular weight excluding hydrogens is 401 g/mol. The van der Waals surface area contributed by atoms with Gasteiger partial charge >= 0.3 is 5.51 Å². The van der Waals surface area contributed by atoms with Gasteiger partial charge < -0.3 is 9.87 Å². The summed E-state index contributed by atoms with van der Waals surface area (Å²) < 4.78 is 58.9. The summed E-state index contributed by atoms with van der Waals surface area (Å²) in [5.41, 5.74) is -3.50. The zero-order valence-corrected chi connectivity index (χ0v) is 15.9. The Morgan fingerprint density at radius 3 is 2.30 bits per heavy atom. The molecule has 0 saturated heterocycles.